The fourth-order valence-electron chi connectivity index (χ4n) is 2.20. The summed E-state index contributed by atoms with van der Waals surface area (Å²) in [6.45, 7) is 2.27. The van der Waals surface area contributed by atoms with E-state index in [-0.39, 0.29) is 0 Å². The molecule has 0 saturated carbocycles. The Hall–Kier alpha value is -0.810. The Morgan fingerprint density at radius 2 is 1.16 bits per heavy atom. The Morgan fingerprint density at radius 3 is 1.68 bits per heavy atom. The molecular weight excluding hydrogens is 232 g/mol. The summed E-state index contributed by atoms with van der Waals surface area (Å²) in [4.78, 5) is 9.95. The summed E-state index contributed by atoms with van der Waals surface area (Å²) in [7, 11) is 0. The van der Waals surface area contributed by atoms with Crippen molar-refractivity contribution in [3.05, 3.63) is 18.2 Å². The van der Waals surface area contributed by atoms with Crippen molar-refractivity contribution in [2.24, 2.45) is 0 Å². The first kappa shape index (κ1) is 18.2. The highest BCUT2D eigenvalue weighted by Crippen LogP contribution is 2.09. The average molecular weight is 264 g/mol. The minimum absolute atomic E-state index is 0.900. The van der Waals surface area contributed by atoms with Crippen molar-refractivity contribution in [3.8, 4) is 0 Å². The topological polar surface area (TPSA) is 17.1 Å². The maximum atomic E-state index is 9.95. The Balaban J connectivity index is 3.06. The molecule has 0 aromatic rings. The smallest absolute Gasteiger partial charge is 0.120 e. The van der Waals surface area contributed by atoms with Gasteiger partial charge in [0.1, 0.15) is 5.94 Å². The number of unbranched alkanes of at least 4 members (excludes halogenated alkanes) is 11. The SMILES string of the molecule is CCCCCCCCC=CCCCCCCC=C=O. The van der Waals surface area contributed by atoms with Gasteiger partial charge in [0.05, 0.1) is 0 Å². The van der Waals surface area contributed by atoms with Gasteiger partial charge in [0.2, 0.25) is 0 Å². The summed E-state index contributed by atoms with van der Waals surface area (Å²) in [6.07, 6.45) is 23.0. The van der Waals surface area contributed by atoms with E-state index in [1.807, 2.05) is 5.94 Å². The largest absolute Gasteiger partial charge is 0.234 e. The molecule has 0 heterocycles. The molecule has 0 bridgehead atoms. The van der Waals surface area contributed by atoms with E-state index in [4.69, 9.17) is 0 Å². The summed E-state index contributed by atoms with van der Waals surface area (Å²) in [5, 5.41) is 0. The highest BCUT2D eigenvalue weighted by molar-refractivity contribution is 5.44. The van der Waals surface area contributed by atoms with Gasteiger partial charge in [-0.3, -0.25) is 0 Å². The van der Waals surface area contributed by atoms with Gasteiger partial charge >= 0.3 is 0 Å². The molecule has 0 N–H and O–H groups in total. The minimum Gasteiger partial charge on any atom is -0.234 e. The summed E-state index contributed by atoms with van der Waals surface area (Å²) in [6, 6.07) is 0. The Morgan fingerprint density at radius 1 is 0.684 bits per heavy atom. The van der Waals surface area contributed by atoms with Crippen LogP contribution in [0.1, 0.15) is 90.4 Å². The van der Waals surface area contributed by atoms with Crippen LogP contribution in [0.5, 0.6) is 0 Å². The van der Waals surface area contributed by atoms with Gasteiger partial charge in [-0.1, -0.05) is 64.0 Å². The van der Waals surface area contributed by atoms with Crippen LogP contribution in [0.4, 0.5) is 0 Å². The number of hydrogen-bond donors (Lipinski definition) is 0. The monoisotopic (exact) mass is 264 g/mol. The number of carbonyl (C=O) groups excluding carboxylic acids is 1. The third kappa shape index (κ3) is 17.2. The second-order valence-corrected chi connectivity index (χ2v) is 5.34. The molecular formula is C18H32O. The summed E-state index contributed by atoms with van der Waals surface area (Å²) < 4.78 is 0. The highest BCUT2D eigenvalue weighted by atomic mass is 16.1. The van der Waals surface area contributed by atoms with Gasteiger partial charge < -0.3 is 0 Å². The van der Waals surface area contributed by atoms with Gasteiger partial charge in [-0.25, -0.2) is 4.79 Å². The first-order chi connectivity index (χ1) is 9.41. The van der Waals surface area contributed by atoms with Crippen LogP contribution in [-0.4, -0.2) is 5.94 Å². The maximum absolute atomic E-state index is 9.95. The van der Waals surface area contributed by atoms with Crippen molar-refractivity contribution < 1.29 is 4.79 Å². The summed E-state index contributed by atoms with van der Waals surface area (Å²) >= 11 is 0. The van der Waals surface area contributed by atoms with Crippen LogP contribution in [0.2, 0.25) is 0 Å². The highest BCUT2D eigenvalue weighted by Gasteiger charge is 1.89. The van der Waals surface area contributed by atoms with E-state index >= 15 is 0 Å². The van der Waals surface area contributed by atoms with Crippen molar-refractivity contribution in [1.82, 2.24) is 0 Å². The Labute approximate surface area is 120 Å². The van der Waals surface area contributed by atoms with Crippen LogP contribution in [0.3, 0.4) is 0 Å². The lowest BCUT2D eigenvalue weighted by atomic mass is 10.1. The molecule has 0 saturated heterocycles. The molecule has 0 aliphatic heterocycles. The van der Waals surface area contributed by atoms with Crippen molar-refractivity contribution in [2.75, 3.05) is 0 Å². The number of allylic oxidation sites excluding steroid dienone is 3. The standard InChI is InChI=1S/C18H32O/c1-2-3-4-5-6-7-8-9-10-11-12-13-14-15-16-17-18-19/h9-10,17H,2-8,11-16H2,1H3. The molecule has 0 aromatic carbocycles. The second kappa shape index (κ2) is 17.2. The van der Waals surface area contributed by atoms with Gasteiger partial charge in [-0.2, -0.15) is 0 Å². The van der Waals surface area contributed by atoms with Gasteiger partial charge in [0.25, 0.3) is 0 Å². The molecule has 0 rings (SSSR count). The first-order valence-corrected chi connectivity index (χ1v) is 8.26. The van der Waals surface area contributed by atoms with Gasteiger partial charge in [-0.15, -0.1) is 0 Å². The van der Waals surface area contributed by atoms with E-state index in [0.29, 0.717) is 0 Å². The molecule has 0 aliphatic rings. The lowest BCUT2D eigenvalue weighted by molar-refractivity contribution is 0.567. The molecule has 0 spiro atoms. The zero-order chi connectivity index (χ0) is 14.0. The summed E-state index contributed by atoms with van der Waals surface area (Å²) in [5.41, 5.74) is 0. The van der Waals surface area contributed by atoms with Crippen LogP contribution >= 0.6 is 0 Å². The molecule has 0 amide bonds. The maximum Gasteiger partial charge on any atom is 0.120 e. The summed E-state index contributed by atoms with van der Waals surface area (Å²) in [5.74, 6) is 1.83. The fraction of sp³-hybridized carbons (Fsp3) is 0.778. The lowest BCUT2D eigenvalue weighted by Gasteiger charge is -1.98. The normalized spacial score (nSPS) is 10.8. The Kier molecular flexibility index (Phi) is 16.5. The quantitative estimate of drug-likeness (QED) is 0.213. The van der Waals surface area contributed by atoms with Crippen molar-refractivity contribution >= 4 is 5.94 Å². The molecule has 0 fully saturated rings. The van der Waals surface area contributed by atoms with Crippen molar-refractivity contribution in [3.63, 3.8) is 0 Å². The lowest BCUT2D eigenvalue weighted by Crippen LogP contribution is -1.78. The first-order valence-electron chi connectivity index (χ1n) is 8.26. The minimum atomic E-state index is 0.900. The van der Waals surface area contributed by atoms with E-state index in [2.05, 4.69) is 19.1 Å². The fourth-order valence-corrected chi connectivity index (χ4v) is 2.20. The van der Waals surface area contributed by atoms with Crippen molar-refractivity contribution in [1.29, 1.82) is 0 Å². The van der Waals surface area contributed by atoms with E-state index in [9.17, 15) is 4.79 Å². The predicted octanol–water partition coefficient (Wildman–Crippen LogP) is 6.02. The number of hydrogen-bond acceptors (Lipinski definition) is 1. The molecule has 0 aromatic heterocycles. The molecule has 110 valence electrons. The van der Waals surface area contributed by atoms with Crippen molar-refractivity contribution in [2.45, 2.75) is 90.4 Å². The van der Waals surface area contributed by atoms with E-state index in [0.717, 1.165) is 12.8 Å². The molecule has 1 nitrogen and oxygen atoms in total. The van der Waals surface area contributed by atoms with E-state index in [1.54, 1.807) is 6.08 Å². The second-order valence-electron chi connectivity index (χ2n) is 5.34. The van der Waals surface area contributed by atoms with Crippen LogP contribution in [0, 0.1) is 0 Å². The zero-order valence-corrected chi connectivity index (χ0v) is 12.8. The van der Waals surface area contributed by atoms with Gasteiger partial charge in [0, 0.05) is 0 Å². The Bertz CT molecular complexity index is 236. The van der Waals surface area contributed by atoms with Crippen LogP contribution in [0.25, 0.3) is 0 Å². The average Bonchev–Trinajstić information content (AvgIpc) is 2.43. The van der Waals surface area contributed by atoms with Gasteiger partial charge in [0.15, 0.2) is 0 Å². The van der Waals surface area contributed by atoms with Crippen LogP contribution in [-0.2, 0) is 4.79 Å². The molecule has 0 radical (unpaired) electrons. The number of rotatable bonds is 14. The third-order valence-electron chi connectivity index (χ3n) is 3.44. The molecule has 0 unspecified atom stereocenters. The molecule has 0 atom stereocenters. The molecule has 0 aliphatic carbocycles. The molecule has 19 heavy (non-hydrogen) atoms. The molecule has 1 heteroatoms. The third-order valence-corrected chi connectivity index (χ3v) is 3.44. The van der Waals surface area contributed by atoms with Crippen LogP contribution in [0.15, 0.2) is 18.2 Å². The van der Waals surface area contributed by atoms with E-state index in [1.165, 1.54) is 70.6 Å². The predicted molar refractivity (Wildman–Crippen MR) is 85.1 cm³/mol. The van der Waals surface area contributed by atoms with Gasteiger partial charge in [-0.05, 0) is 44.6 Å². The zero-order valence-electron chi connectivity index (χ0n) is 12.8. The van der Waals surface area contributed by atoms with E-state index < -0.39 is 0 Å². The van der Waals surface area contributed by atoms with Crippen LogP contribution < -0.4 is 0 Å².